The van der Waals surface area contributed by atoms with E-state index in [-0.39, 0.29) is 0 Å². The van der Waals surface area contributed by atoms with Crippen LogP contribution in [0.3, 0.4) is 0 Å². The number of rotatable bonds is 3. The summed E-state index contributed by atoms with van der Waals surface area (Å²) in [7, 11) is -3.90. The molecule has 0 radical (unpaired) electrons. The van der Waals surface area contributed by atoms with E-state index < -0.39 is 7.25 Å². The molecular weight excluding hydrogens is 221 g/mol. The van der Waals surface area contributed by atoms with Gasteiger partial charge in [0.05, 0.1) is 0 Å². The van der Waals surface area contributed by atoms with Crippen molar-refractivity contribution in [1.29, 1.82) is 0 Å². The molecule has 1 rings (SSSR count). The standard InChI is InChI=1S/C10H16N.BF4/c1-3-4-7-10-8-5-6-9-11(10)2;2-1(3,4)5/h5-6,8-9H,3-4,7H2,1-2H3;/q+1;-1. The van der Waals surface area contributed by atoms with E-state index in [9.17, 15) is 17.3 Å². The van der Waals surface area contributed by atoms with E-state index >= 15 is 0 Å². The molecule has 1 nitrogen and oxygen atoms in total. The first kappa shape index (κ1) is 14.9. The van der Waals surface area contributed by atoms with Gasteiger partial charge in [-0.05, 0) is 6.42 Å². The number of hydrogen-bond acceptors (Lipinski definition) is 0. The maximum absolute atomic E-state index is 9.75. The molecule has 92 valence electrons. The molecule has 0 aliphatic rings. The van der Waals surface area contributed by atoms with Crippen molar-refractivity contribution in [3.05, 3.63) is 30.1 Å². The fourth-order valence-corrected chi connectivity index (χ4v) is 1.18. The third kappa shape index (κ3) is 9.49. The molecule has 1 aromatic heterocycles. The van der Waals surface area contributed by atoms with Gasteiger partial charge in [0.1, 0.15) is 7.05 Å². The van der Waals surface area contributed by atoms with E-state index in [2.05, 4.69) is 42.9 Å². The van der Waals surface area contributed by atoms with Gasteiger partial charge >= 0.3 is 7.25 Å². The molecule has 0 saturated heterocycles. The zero-order chi connectivity index (χ0) is 12.6. The molecule has 16 heavy (non-hydrogen) atoms. The van der Waals surface area contributed by atoms with Gasteiger partial charge < -0.3 is 17.3 Å². The van der Waals surface area contributed by atoms with Gasteiger partial charge in [-0.1, -0.05) is 19.4 Å². The first-order valence-electron chi connectivity index (χ1n) is 5.15. The summed E-state index contributed by atoms with van der Waals surface area (Å²) in [6, 6.07) is 6.36. The highest BCUT2D eigenvalue weighted by atomic mass is 19.5. The summed E-state index contributed by atoms with van der Waals surface area (Å²) in [6.07, 6.45) is 5.87. The fraction of sp³-hybridized carbons (Fsp3) is 0.500. The molecule has 0 N–H and O–H groups in total. The average Bonchev–Trinajstić information content (AvgIpc) is 2.14. The number of aromatic nitrogens is 1. The van der Waals surface area contributed by atoms with Crippen LogP contribution in [0.25, 0.3) is 0 Å². The Balaban J connectivity index is 0.000000385. The van der Waals surface area contributed by atoms with E-state index in [0.717, 1.165) is 0 Å². The van der Waals surface area contributed by atoms with Crippen LogP contribution in [0.15, 0.2) is 24.4 Å². The summed E-state index contributed by atoms with van der Waals surface area (Å²) in [5, 5.41) is 0. The Kier molecular flexibility index (Phi) is 6.77. The van der Waals surface area contributed by atoms with Crippen molar-refractivity contribution in [2.75, 3.05) is 0 Å². The van der Waals surface area contributed by atoms with Crippen molar-refractivity contribution >= 4 is 7.25 Å². The highest BCUT2D eigenvalue weighted by Gasteiger charge is 2.20. The number of nitrogens with zero attached hydrogens (tertiary/aromatic N) is 1. The van der Waals surface area contributed by atoms with E-state index in [1.807, 2.05) is 0 Å². The lowest BCUT2D eigenvalue weighted by atomic mass is 10.2. The molecular formula is C10H16BF4N. The molecule has 1 heterocycles. The molecule has 6 heteroatoms. The monoisotopic (exact) mass is 237 g/mol. The van der Waals surface area contributed by atoms with Crippen LogP contribution in [-0.4, -0.2) is 7.25 Å². The Morgan fingerprint density at radius 1 is 1.19 bits per heavy atom. The first-order valence-corrected chi connectivity index (χ1v) is 5.15. The molecule has 0 atom stereocenters. The molecule has 0 bridgehead atoms. The van der Waals surface area contributed by atoms with Gasteiger partial charge in [0.2, 0.25) is 0 Å². The fourth-order valence-electron chi connectivity index (χ4n) is 1.18. The van der Waals surface area contributed by atoms with Gasteiger partial charge in [0, 0.05) is 18.6 Å². The quantitative estimate of drug-likeness (QED) is 0.432. The van der Waals surface area contributed by atoms with Crippen molar-refractivity contribution < 1.29 is 21.8 Å². The lowest BCUT2D eigenvalue weighted by Crippen LogP contribution is -2.32. The summed E-state index contributed by atoms with van der Waals surface area (Å²) in [6.45, 7) is 2.23. The summed E-state index contributed by atoms with van der Waals surface area (Å²) in [5.74, 6) is 0. The molecule has 0 fully saturated rings. The summed E-state index contributed by atoms with van der Waals surface area (Å²) >= 11 is 0. The zero-order valence-corrected chi connectivity index (χ0v) is 9.47. The van der Waals surface area contributed by atoms with Gasteiger partial charge in [0.15, 0.2) is 11.9 Å². The maximum Gasteiger partial charge on any atom is 0.673 e. The minimum absolute atomic E-state index is 1.20. The third-order valence-corrected chi connectivity index (χ3v) is 1.95. The van der Waals surface area contributed by atoms with Crippen molar-refractivity contribution in [3.8, 4) is 0 Å². The van der Waals surface area contributed by atoms with Gasteiger partial charge in [-0.2, -0.15) is 0 Å². The Bertz CT molecular complexity index is 295. The van der Waals surface area contributed by atoms with Crippen molar-refractivity contribution in [2.24, 2.45) is 7.05 Å². The Morgan fingerprint density at radius 2 is 1.75 bits per heavy atom. The van der Waals surface area contributed by atoms with Gasteiger partial charge in [0.25, 0.3) is 0 Å². The second-order valence-corrected chi connectivity index (χ2v) is 3.40. The van der Waals surface area contributed by atoms with Crippen LogP contribution in [0.4, 0.5) is 17.3 Å². The predicted molar refractivity (Wildman–Crippen MR) is 56.4 cm³/mol. The molecule has 0 saturated carbocycles. The van der Waals surface area contributed by atoms with Crippen molar-refractivity contribution in [2.45, 2.75) is 26.2 Å². The second-order valence-electron chi connectivity index (χ2n) is 3.40. The van der Waals surface area contributed by atoms with Crippen LogP contribution in [0, 0.1) is 0 Å². The maximum atomic E-state index is 9.75. The third-order valence-electron chi connectivity index (χ3n) is 1.95. The summed E-state index contributed by atoms with van der Waals surface area (Å²) < 4.78 is 41.2. The van der Waals surface area contributed by atoms with Crippen LogP contribution in [-0.2, 0) is 13.5 Å². The van der Waals surface area contributed by atoms with Crippen LogP contribution < -0.4 is 4.57 Å². The molecule has 0 aliphatic heterocycles. The van der Waals surface area contributed by atoms with E-state index in [0.29, 0.717) is 0 Å². The lowest BCUT2D eigenvalue weighted by molar-refractivity contribution is -0.679. The van der Waals surface area contributed by atoms with E-state index in [1.54, 1.807) is 0 Å². The molecule has 0 aromatic carbocycles. The van der Waals surface area contributed by atoms with Crippen molar-refractivity contribution in [3.63, 3.8) is 0 Å². The second kappa shape index (κ2) is 7.25. The molecule has 1 aromatic rings. The smallest absolute Gasteiger partial charge is 0.418 e. The number of aryl methyl sites for hydroxylation is 2. The van der Waals surface area contributed by atoms with Crippen molar-refractivity contribution in [1.82, 2.24) is 0 Å². The van der Waals surface area contributed by atoms with Crippen LogP contribution in [0.5, 0.6) is 0 Å². The summed E-state index contributed by atoms with van der Waals surface area (Å²) in [4.78, 5) is 0. The lowest BCUT2D eigenvalue weighted by Gasteiger charge is -1.96. The van der Waals surface area contributed by atoms with Gasteiger partial charge in [-0.3, -0.25) is 0 Å². The normalized spacial score (nSPS) is 10.6. The Hall–Kier alpha value is -1.07. The average molecular weight is 237 g/mol. The minimum Gasteiger partial charge on any atom is -0.418 e. The number of hydrogen-bond donors (Lipinski definition) is 0. The highest BCUT2D eigenvalue weighted by molar-refractivity contribution is 6.50. The minimum atomic E-state index is -6.00. The molecule has 0 spiro atoms. The van der Waals surface area contributed by atoms with E-state index in [4.69, 9.17) is 0 Å². The van der Waals surface area contributed by atoms with Gasteiger partial charge in [-0.15, -0.1) is 0 Å². The summed E-state index contributed by atoms with van der Waals surface area (Å²) in [5.41, 5.74) is 1.43. The van der Waals surface area contributed by atoms with E-state index in [1.165, 1.54) is 25.0 Å². The largest absolute Gasteiger partial charge is 0.673 e. The predicted octanol–water partition coefficient (Wildman–Crippen LogP) is 3.15. The van der Waals surface area contributed by atoms with Crippen LogP contribution in [0.2, 0.25) is 0 Å². The van der Waals surface area contributed by atoms with Crippen LogP contribution in [0.1, 0.15) is 25.5 Å². The number of pyridine rings is 1. The SMILES string of the molecule is CCCCc1cccc[n+]1C.F[B-](F)(F)F. The Labute approximate surface area is 93.2 Å². The Morgan fingerprint density at radius 3 is 2.19 bits per heavy atom. The van der Waals surface area contributed by atoms with Gasteiger partial charge in [-0.25, -0.2) is 4.57 Å². The highest BCUT2D eigenvalue weighted by Crippen LogP contribution is 2.06. The van der Waals surface area contributed by atoms with Crippen LogP contribution >= 0.6 is 0 Å². The molecule has 0 aliphatic carbocycles. The zero-order valence-electron chi connectivity index (χ0n) is 9.47. The number of unbranched alkanes of at least 4 members (excludes halogenated alkanes) is 1. The molecule has 0 amide bonds. The number of halogens is 4. The first-order chi connectivity index (χ1) is 7.34. The molecule has 0 unspecified atom stereocenters. The topological polar surface area (TPSA) is 3.88 Å².